The minimum Gasteiger partial charge on any atom is -0.494 e. The van der Waals surface area contributed by atoms with Gasteiger partial charge in [0.25, 0.3) is 0 Å². The van der Waals surface area contributed by atoms with Crippen molar-refractivity contribution in [1.29, 1.82) is 0 Å². The van der Waals surface area contributed by atoms with E-state index in [-0.39, 0.29) is 0 Å². The molecule has 0 spiro atoms. The summed E-state index contributed by atoms with van der Waals surface area (Å²) in [6.07, 6.45) is 4.95. The molecular weight excluding hydrogens is 350 g/mol. The van der Waals surface area contributed by atoms with Crippen LogP contribution >= 0.6 is 0 Å². The van der Waals surface area contributed by atoms with Crippen LogP contribution in [-0.4, -0.2) is 35.5 Å². The zero-order valence-corrected chi connectivity index (χ0v) is 17.1. The van der Waals surface area contributed by atoms with Crippen LogP contribution in [0.4, 0.5) is 0 Å². The molecule has 28 heavy (non-hydrogen) atoms. The number of ether oxygens (including phenoxy) is 1. The van der Waals surface area contributed by atoms with E-state index in [9.17, 15) is 0 Å². The van der Waals surface area contributed by atoms with Gasteiger partial charge in [0.1, 0.15) is 11.4 Å². The van der Waals surface area contributed by atoms with Gasteiger partial charge >= 0.3 is 0 Å². The van der Waals surface area contributed by atoms with Gasteiger partial charge in [-0.05, 0) is 44.0 Å². The van der Waals surface area contributed by atoms with Crippen molar-refractivity contribution in [3.63, 3.8) is 0 Å². The predicted octanol–water partition coefficient (Wildman–Crippen LogP) is 3.26. The average Bonchev–Trinajstić information content (AvgIpc) is 3.10. The van der Waals surface area contributed by atoms with Gasteiger partial charge in [-0.3, -0.25) is 4.99 Å². The fraction of sp³-hybridized carbons (Fsp3) is 0.364. The number of aliphatic imine (C=N–C) groups is 1. The lowest BCUT2D eigenvalue weighted by atomic mass is 10.1. The van der Waals surface area contributed by atoms with Crippen LogP contribution in [0.15, 0.2) is 47.7 Å². The highest BCUT2D eigenvalue weighted by Gasteiger charge is 2.07. The molecule has 0 aliphatic heterocycles. The maximum Gasteiger partial charge on any atom is 0.191 e. The quantitative estimate of drug-likeness (QED) is 0.489. The van der Waals surface area contributed by atoms with E-state index in [0.717, 1.165) is 41.6 Å². The SMILES string of the molecule is CCOc1cc(C)ccc1CNC(=NC)NCCc1cn2cccc(C)c2n1. The Hall–Kier alpha value is -3.02. The number of hydrogen-bond acceptors (Lipinski definition) is 3. The Balaban J connectivity index is 1.54. The van der Waals surface area contributed by atoms with E-state index >= 15 is 0 Å². The smallest absolute Gasteiger partial charge is 0.191 e. The van der Waals surface area contributed by atoms with E-state index in [0.29, 0.717) is 13.2 Å². The molecule has 2 heterocycles. The van der Waals surface area contributed by atoms with Crippen molar-refractivity contribution in [3.8, 4) is 5.75 Å². The first-order valence-corrected chi connectivity index (χ1v) is 9.70. The normalized spacial score (nSPS) is 11.6. The Labute approximate surface area is 166 Å². The molecule has 0 saturated heterocycles. The summed E-state index contributed by atoms with van der Waals surface area (Å²) < 4.78 is 7.82. The lowest BCUT2D eigenvalue weighted by Crippen LogP contribution is -2.38. The number of benzene rings is 1. The minimum atomic E-state index is 0.655. The number of guanidine groups is 1. The van der Waals surface area contributed by atoms with Gasteiger partial charge in [-0.2, -0.15) is 0 Å². The molecule has 2 N–H and O–H groups in total. The van der Waals surface area contributed by atoms with Crippen LogP contribution in [0.25, 0.3) is 5.65 Å². The molecule has 3 aromatic rings. The summed E-state index contributed by atoms with van der Waals surface area (Å²) in [6.45, 7) is 8.22. The molecule has 0 radical (unpaired) electrons. The van der Waals surface area contributed by atoms with Gasteiger partial charge in [0, 0.05) is 44.5 Å². The monoisotopic (exact) mass is 379 g/mol. The Bertz CT molecular complexity index is 961. The highest BCUT2D eigenvalue weighted by molar-refractivity contribution is 5.79. The van der Waals surface area contributed by atoms with Crippen LogP contribution in [0.1, 0.15) is 29.3 Å². The van der Waals surface area contributed by atoms with Crippen LogP contribution in [0.2, 0.25) is 0 Å². The fourth-order valence-electron chi connectivity index (χ4n) is 3.13. The lowest BCUT2D eigenvalue weighted by molar-refractivity contribution is 0.336. The first-order valence-electron chi connectivity index (χ1n) is 9.70. The van der Waals surface area contributed by atoms with Crippen LogP contribution in [0.5, 0.6) is 5.75 Å². The number of imidazole rings is 1. The molecule has 6 heteroatoms. The second-order valence-electron chi connectivity index (χ2n) is 6.80. The van der Waals surface area contributed by atoms with Gasteiger partial charge in [0.15, 0.2) is 5.96 Å². The molecule has 0 aliphatic carbocycles. The molecule has 0 atom stereocenters. The molecule has 0 bridgehead atoms. The summed E-state index contributed by atoms with van der Waals surface area (Å²) in [7, 11) is 1.78. The van der Waals surface area contributed by atoms with Crippen LogP contribution in [0, 0.1) is 13.8 Å². The Morgan fingerprint density at radius 3 is 2.82 bits per heavy atom. The summed E-state index contributed by atoms with van der Waals surface area (Å²) in [5, 5.41) is 6.72. The number of aromatic nitrogens is 2. The molecule has 1 aromatic carbocycles. The maximum absolute atomic E-state index is 5.75. The molecule has 3 rings (SSSR count). The zero-order valence-electron chi connectivity index (χ0n) is 17.1. The standard InChI is InChI=1S/C22H29N5O/c1-5-28-20-13-16(2)8-9-18(20)14-25-22(23-4)24-11-10-19-15-27-12-6-7-17(3)21(27)26-19/h6-9,12-13,15H,5,10-11,14H2,1-4H3,(H2,23,24,25). The van der Waals surface area contributed by atoms with Gasteiger partial charge < -0.3 is 19.8 Å². The van der Waals surface area contributed by atoms with E-state index in [2.05, 4.69) is 64.3 Å². The van der Waals surface area contributed by atoms with Crippen LogP contribution in [-0.2, 0) is 13.0 Å². The second-order valence-corrected chi connectivity index (χ2v) is 6.80. The second kappa shape index (κ2) is 9.26. The van der Waals surface area contributed by atoms with Gasteiger partial charge in [0.05, 0.1) is 12.3 Å². The number of fused-ring (bicyclic) bond motifs is 1. The van der Waals surface area contributed by atoms with Crippen LogP contribution in [0.3, 0.4) is 0 Å². The first-order chi connectivity index (χ1) is 13.6. The van der Waals surface area contributed by atoms with Gasteiger partial charge in [-0.25, -0.2) is 4.98 Å². The average molecular weight is 380 g/mol. The van der Waals surface area contributed by atoms with Crippen molar-refractivity contribution in [3.05, 3.63) is 65.1 Å². The Morgan fingerprint density at radius 1 is 1.21 bits per heavy atom. The highest BCUT2D eigenvalue weighted by atomic mass is 16.5. The fourth-order valence-corrected chi connectivity index (χ4v) is 3.13. The summed E-state index contributed by atoms with van der Waals surface area (Å²) >= 11 is 0. The highest BCUT2D eigenvalue weighted by Crippen LogP contribution is 2.20. The Kier molecular flexibility index (Phi) is 6.53. The third-order valence-corrected chi connectivity index (χ3v) is 4.59. The van der Waals surface area contributed by atoms with Crippen molar-refractivity contribution in [2.75, 3.05) is 20.2 Å². The Morgan fingerprint density at radius 2 is 2.07 bits per heavy atom. The number of hydrogen-bond donors (Lipinski definition) is 2. The third-order valence-electron chi connectivity index (χ3n) is 4.59. The molecule has 0 saturated carbocycles. The number of nitrogens with zero attached hydrogens (tertiary/aromatic N) is 3. The molecular formula is C22H29N5O. The number of rotatable bonds is 7. The maximum atomic E-state index is 5.75. The predicted molar refractivity (Wildman–Crippen MR) is 114 cm³/mol. The first kappa shape index (κ1) is 19.7. The van der Waals surface area contributed by atoms with Crippen molar-refractivity contribution in [2.45, 2.75) is 33.7 Å². The summed E-state index contributed by atoms with van der Waals surface area (Å²) in [5.41, 5.74) is 5.57. The molecule has 0 amide bonds. The zero-order chi connectivity index (χ0) is 19.9. The number of aryl methyl sites for hydroxylation is 2. The lowest BCUT2D eigenvalue weighted by Gasteiger charge is -2.14. The molecule has 6 nitrogen and oxygen atoms in total. The largest absolute Gasteiger partial charge is 0.494 e. The van der Waals surface area contributed by atoms with Gasteiger partial charge in [-0.1, -0.05) is 18.2 Å². The van der Waals surface area contributed by atoms with Crippen molar-refractivity contribution in [1.82, 2.24) is 20.0 Å². The number of nitrogens with one attached hydrogen (secondary N) is 2. The third kappa shape index (κ3) is 4.82. The number of pyridine rings is 1. The van der Waals surface area contributed by atoms with E-state index in [1.54, 1.807) is 7.05 Å². The van der Waals surface area contributed by atoms with Gasteiger partial charge in [-0.15, -0.1) is 0 Å². The van der Waals surface area contributed by atoms with E-state index < -0.39 is 0 Å². The minimum absolute atomic E-state index is 0.655. The van der Waals surface area contributed by atoms with Crippen molar-refractivity contribution < 1.29 is 4.74 Å². The topological polar surface area (TPSA) is 63.0 Å². The molecule has 2 aromatic heterocycles. The van der Waals surface area contributed by atoms with E-state index in [1.807, 2.05) is 19.2 Å². The summed E-state index contributed by atoms with van der Waals surface area (Å²) in [6, 6.07) is 10.4. The van der Waals surface area contributed by atoms with Crippen molar-refractivity contribution >= 4 is 11.6 Å². The van der Waals surface area contributed by atoms with E-state index in [4.69, 9.17) is 9.72 Å². The molecule has 0 unspecified atom stereocenters. The molecule has 0 aliphatic rings. The molecule has 0 fully saturated rings. The summed E-state index contributed by atoms with van der Waals surface area (Å²) in [4.78, 5) is 9.03. The van der Waals surface area contributed by atoms with Gasteiger partial charge in [0.2, 0.25) is 0 Å². The van der Waals surface area contributed by atoms with E-state index in [1.165, 1.54) is 11.1 Å². The summed E-state index contributed by atoms with van der Waals surface area (Å²) in [5.74, 6) is 1.69. The van der Waals surface area contributed by atoms with Crippen molar-refractivity contribution in [2.24, 2.45) is 4.99 Å². The molecule has 148 valence electrons. The van der Waals surface area contributed by atoms with Crippen LogP contribution < -0.4 is 15.4 Å².